The number of anilines is 2. The molecule has 1 heterocycles. The van der Waals surface area contributed by atoms with Gasteiger partial charge in [-0.05, 0) is 36.8 Å². The lowest BCUT2D eigenvalue weighted by Gasteiger charge is -2.16. The van der Waals surface area contributed by atoms with E-state index in [1.165, 1.54) is 25.5 Å². The van der Waals surface area contributed by atoms with Gasteiger partial charge in [-0.25, -0.2) is 12.7 Å². The van der Waals surface area contributed by atoms with E-state index >= 15 is 0 Å². The third-order valence-corrected chi connectivity index (χ3v) is 7.59. The first kappa shape index (κ1) is 24.1. The van der Waals surface area contributed by atoms with Crippen LogP contribution >= 0.6 is 0 Å². The van der Waals surface area contributed by atoms with Gasteiger partial charge in [0.25, 0.3) is 5.91 Å². The number of hydrogen-bond acceptors (Lipinski definition) is 7. The molecule has 4 rings (SSSR count). The van der Waals surface area contributed by atoms with Crippen molar-refractivity contribution in [2.75, 3.05) is 26.5 Å². The molecule has 0 saturated heterocycles. The van der Waals surface area contributed by atoms with Gasteiger partial charge in [0.15, 0.2) is 5.82 Å². The summed E-state index contributed by atoms with van der Waals surface area (Å²) in [5.41, 5.74) is 8.12. The van der Waals surface area contributed by atoms with E-state index in [2.05, 4.69) is 15.5 Å². The van der Waals surface area contributed by atoms with Gasteiger partial charge in [-0.1, -0.05) is 36.4 Å². The van der Waals surface area contributed by atoms with Gasteiger partial charge in [-0.2, -0.15) is 0 Å². The second-order valence-electron chi connectivity index (χ2n) is 8.11. The number of nitrogens with two attached hydrogens (primary N) is 1. The Morgan fingerprint density at radius 3 is 2.37 bits per heavy atom. The maximum absolute atomic E-state index is 12.8. The zero-order chi connectivity index (χ0) is 25.3. The van der Waals surface area contributed by atoms with E-state index in [-0.39, 0.29) is 10.5 Å². The second-order valence-corrected chi connectivity index (χ2v) is 10.2. The first-order valence-electron chi connectivity index (χ1n) is 10.7. The summed E-state index contributed by atoms with van der Waals surface area (Å²) in [5, 5.41) is 13.5. The zero-order valence-corrected chi connectivity index (χ0v) is 20.6. The van der Waals surface area contributed by atoms with Crippen molar-refractivity contribution in [2.45, 2.75) is 11.8 Å². The van der Waals surface area contributed by atoms with Crippen LogP contribution < -0.4 is 15.8 Å². The number of aromatic nitrogens is 2. The molecule has 0 aliphatic heterocycles. The molecule has 0 fully saturated rings. The summed E-state index contributed by atoms with van der Waals surface area (Å²) in [6, 6.07) is 17.7. The highest BCUT2D eigenvalue weighted by Gasteiger charge is 2.21. The molecule has 10 heteroatoms. The molecule has 0 aliphatic carbocycles. The van der Waals surface area contributed by atoms with Crippen LogP contribution in [0.4, 0.5) is 11.5 Å². The third-order valence-electron chi connectivity index (χ3n) is 5.64. The average Bonchev–Trinajstić information content (AvgIpc) is 2.84. The molecule has 0 bridgehead atoms. The fourth-order valence-electron chi connectivity index (χ4n) is 3.75. The Hall–Kier alpha value is -4.02. The van der Waals surface area contributed by atoms with Crippen LogP contribution in [-0.4, -0.2) is 50.0 Å². The van der Waals surface area contributed by atoms with Crippen molar-refractivity contribution in [3.8, 4) is 17.0 Å². The number of primary amides is 1. The molecule has 1 aromatic heterocycles. The first-order valence-corrected chi connectivity index (χ1v) is 12.1. The highest BCUT2D eigenvalue weighted by Crippen LogP contribution is 2.33. The Labute approximate surface area is 203 Å². The number of rotatable bonds is 7. The largest absolute Gasteiger partial charge is 0.496 e. The molecule has 0 aliphatic rings. The summed E-state index contributed by atoms with van der Waals surface area (Å²) >= 11 is 0. The number of carbonyl (C=O) groups excluding carboxylic acids is 1. The number of hydrogen-bond donors (Lipinski definition) is 2. The fourth-order valence-corrected chi connectivity index (χ4v) is 4.89. The molecule has 0 spiro atoms. The predicted octanol–water partition coefficient (Wildman–Crippen LogP) is 3.71. The van der Waals surface area contributed by atoms with Crippen LogP contribution in [-0.2, 0) is 10.0 Å². The van der Waals surface area contributed by atoms with Crippen molar-refractivity contribution in [1.29, 1.82) is 0 Å². The van der Waals surface area contributed by atoms with Crippen molar-refractivity contribution in [1.82, 2.24) is 14.5 Å². The van der Waals surface area contributed by atoms with Crippen LogP contribution in [0.25, 0.3) is 22.0 Å². The Morgan fingerprint density at radius 2 is 1.71 bits per heavy atom. The lowest BCUT2D eigenvalue weighted by molar-refractivity contribution is 0.0997. The van der Waals surface area contributed by atoms with E-state index in [4.69, 9.17) is 10.5 Å². The van der Waals surface area contributed by atoms with Crippen molar-refractivity contribution in [2.24, 2.45) is 5.73 Å². The molecule has 3 N–H and O–H groups in total. The molecule has 180 valence electrons. The zero-order valence-electron chi connectivity index (χ0n) is 19.7. The first-order chi connectivity index (χ1) is 16.6. The van der Waals surface area contributed by atoms with Gasteiger partial charge in [0.1, 0.15) is 11.4 Å². The highest BCUT2D eigenvalue weighted by atomic mass is 32.2. The third kappa shape index (κ3) is 4.53. The number of amides is 1. The minimum Gasteiger partial charge on any atom is -0.496 e. The van der Waals surface area contributed by atoms with E-state index in [9.17, 15) is 13.2 Å². The van der Waals surface area contributed by atoms with Crippen LogP contribution in [0.15, 0.2) is 65.6 Å². The molecule has 9 nitrogen and oxygen atoms in total. The molecule has 0 unspecified atom stereocenters. The van der Waals surface area contributed by atoms with Crippen LogP contribution in [0.2, 0.25) is 0 Å². The molecular formula is C25H25N5O4S. The summed E-state index contributed by atoms with van der Waals surface area (Å²) < 4.78 is 32.0. The maximum Gasteiger partial charge on any atom is 0.252 e. The summed E-state index contributed by atoms with van der Waals surface area (Å²) in [7, 11) is 0.833. The fraction of sp³-hybridized carbons (Fsp3) is 0.160. The standard InChI is InChI=1S/C25H25N5O4S/c1-15-9-10-16(13-22(15)35(32,33)30(2)3)23-18-7-5-6-8-19(18)25(29-28-23)27-17-11-12-21(34-4)20(14-17)24(26)31/h5-14H,1-4H3,(H2,26,31)(H,27,29). The SMILES string of the molecule is COc1ccc(Nc2nnc(-c3ccc(C)c(S(=O)(=O)N(C)C)c3)c3ccccc23)cc1C(N)=O. The van der Waals surface area contributed by atoms with Gasteiger partial charge in [0.05, 0.1) is 17.6 Å². The van der Waals surface area contributed by atoms with E-state index < -0.39 is 15.9 Å². The van der Waals surface area contributed by atoms with Gasteiger partial charge >= 0.3 is 0 Å². The van der Waals surface area contributed by atoms with Crippen molar-refractivity contribution in [3.63, 3.8) is 0 Å². The summed E-state index contributed by atoms with van der Waals surface area (Å²) in [6.07, 6.45) is 0. The molecular weight excluding hydrogens is 466 g/mol. The van der Waals surface area contributed by atoms with Gasteiger partial charge in [-0.15, -0.1) is 10.2 Å². The molecule has 35 heavy (non-hydrogen) atoms. The van der Waals surface area contributed by atoms with Crippen molar-refractivity contribution in [3.05, 3.63) is 71.8 Å². The average molecular weight is 492 g/mol. The van der Waals surface area contributed by atoms with Gasteiger partial charge in [-0.3, -0.25) is 4.79 Å². The van der Waals surface area contributed by atoms with Crippen LogP contribution in [0.5, 0.6) is 5.75 Å². The lowest BCUT2D eigenvalue weighted by atomic mass is 10.0. The predicted molar refractivity (Wildman–Crippen MR) is 135 cm³/mol. The number of benzene rings is 3. The van der Waals surface area contributed by atoms with Gasteiger partial charge < -0.3 is 15.8 Å². The summed E-state index contributed by atoms with van der Waals surface area (Å²) in [5.74, 6) is 0.231. The number of fused-ring (bicyclic) bond motifs is 1. The quantitative estimate of drug-likeness (QED) is 0.403. The number of methoxy groups -OCH3 is 1. The minimum atomic E-state index is -3.63. The highest BCUT2D eigenvalue weighted by molar-refractivity contribution is 7.89. The van der Waals surface area contributed by atoms with Crippen molar-refractivity contribution < 1.29 is 17.9 Å². The van der Waals surface area contributed by atoms with Crippen LogP contribution in [0.3, 0.4) is 0 Å². The Morgan fingerprint density at radius 1 is 1.00 bits per heavy atom. The number of ether oxygens (including phenoxy) is 1. The number of carbonyl (C=O) groups is 1. The monoisotopic (exact) mass is 491 g/mol. The molecule has 0 atom stereocenters. The molecule has 0 radical (unpaired) electrons. The topological polar surface area (TPSA) is 128 Å². The molecule has 3 aromatic carbocycles. The Balaban J connectivity index is 1.82. The number of nitrogens with zero attached hydrogens (tertiary/aromatic N) is 3. The van der Waals surface area contributed by atoms with Crippen molar-refractivity contribution >= 4 is 38.2 Å². The van der Waals surface area contributed by atoms with E-state index in [1.54, 1.807) is 37.3 Å². The summed E-state index contributed by atoms with van der Waals surface area (Å²) in [6.45, 7) is 1.76. The molecule has 1 amide bonds. The lowest BCUT2D eigenvalue weighted by Crippen LogP contribution is -2.23. The minimum absolute atomic E-state index is 0.213. The van der Waals surface area contributed by atoms with Crippen LogP contribution in [0.1, 0.15) is 15.9 Å². The van der Waals surface area contributed by atoms with Gasteiger partial charge in [0, 0.05) is 36.1 Å². The smallest absolute Gasteiger partial charge is 0.252 e. The Bertz CT molecular complexity index is 1550. The molecule has 0 saturated carbocycles. The number of sulfonamides is 1. The van der Waals surface area contributed by atoms with Gasteiger partial charge in [0.2, 0.25) is 10.0 Å². The van der Waals surface area contributed by atoms with E-state index in [0.29, 0.717) is 34.1 Å². The Kier molecular flexibility index (Phi) is 6.42. The maximum atomic E-state index is 12.8. The second kappa shape index (κ2) is 9.32. The van der Waals surface area contributed by atoms with Crippen LogP contribution in [0, 0.1) is 6.92 Å². The number of nitrogens with one attached hydrogen (secondary N) is 1. The molecule has 4 aromatic rings. The normalized spacial score (nSPS) is 11.6. The van der Waals surface area contributed by atoms with E-state index in [0.717, 1.165) is 10.8 Å². The summed E-state index contributed by atoms with van der Waals surface area (Å²) in [4.78, 5) is 12.0. The van der Waals surface area contributed by atoms with E-state index in [1.807, 2.05) is 30.3 Å². The number of aryl methyl sites for hydroxylation is 1.